The van der Waals surface area contributed by atoms with Crippen molar-refractivity contribution in [3.8, 4) is 11.5 Å². The van der Waals surface area contributed by atoms with E-state index in [1.165, 1.54) is 35.6 Å². The standard InChI is InChI=1S/C23H27N3O4S/c1-16-6-8-17(9-7-16)31-12-10-24-22(27)5-4-11-26-15-25-19-14-21(30-3)20(29-2)13-18(19)23(26)28/h6-9,13-15H,4-5,10-12H2,1-3H3,(H,24,27). The number of aryl methyl sites for hydroxylation is 2. The van der Waals surface area contributed by atoms with Gasteiger partial charge in [-0.05, 0) is 31.5 Å². The Morgan fingerprint density at radius 3 is 2.55 bits per heavy atom. The summed E-state index contributed by atoms with van der Waals surface area (Å²) in [5.41, 5.74) is 1.61. The highest BCUT2D eigenvalue weighted by molar-refractivity contribution is 7.99. The maximum absolute atomic E-state index is 12.8. The molecule has 0 aliphatic heterocycles. The van der Waals surface area contributed by atoms with Gasteiger partial charge >= 0.3 is 0 Å². The minimum absolute atomic E-state index is 0.0160. The van der Waals surface area contributed by atoms with Crippen LogP contribution in [0.4, 0.5) is 0 Å². The van der Waals surface area contributed by atoms with Crippen molar-refractivity contribution >= 4 is 28.6 Å². The van der Waals surface area contributed by atoms with E-state index < -0.39 is 0 Å². The highest BCUT2D eigenvalue weighted by Crippen LogP contribution is 2.29. The number of amides is 1. The topological polar surface area (TPSA) is 82.5 Å². The third kappa shape index (κ3) is 6.01. The van der Waals surface area contributed by atoms with Crippen LogP contribution >= 0.6 is 11.8 Å². The number of aromatic nitrogens is 2. The van der Waals surface area contributed by atoms with Crippen molar-refractivity contribution in [1.82, 2.24) is 14.9 Å². The summed E-state index contributed by atoms with van der Waals surface area (Å²) in [5, 5.41) is 3.39. The van der Waals surface area contributed by atoms with Crippen molar-refractivity contribution in [2.45, 2.75) is 31.2 Å². The van der Waals surface area contributed by atoms with E-state index in [1.54, 1.807) is 23.9 Å². The molecular formula is C23H27N3O4S. The Bertz CT molecular complexity index is 1100. The Hall–Kier alpha value is -3.00. The first-order valence-electron chi connectivity index (χ1n) is 10.1. The van der Waals surface area contributed by atoms with Crippen LogP contribution in [0.3, 0.4) is 0 Å². The highest BCUT2D eigenvalue weighted by atomic mass is 32.2. The maximum Gasteiger partial charge on any atom is 0.261 e. The van der Waals surface area contributed by atoms with Gasteiger partial charge in [0, 0.05) is 36.2 Å². The van der Waals surface area contributed by atoms with Gasteiger partial charge in [-0.15, -0.1) is 11.8 Å². The first-order valence-corrected chi connectivity index (χ1v) is 11.1. The van der Waals surface area contributed by atoms with E-state index in [0.29, 0.717) is 48.3 Å². The number of carbonyl (C=O) groups is 1. The highest BCUT2D eigenvalue weighted by Gasteiger charge is 2.11. The summed E-state index contributed by atoms with van der Waals surface area (Å²) in [6.07, 6.45) is 2.41. The molecule has 31 heavy (non-hydrogen) atoms. The summed E-state index contributed by atoms with van der Waals surface area (Å²) in [5.74, 6) is 1.80. The molecule has 1 aromatic heterocycles. The first kappa shape index (κ1) is 22.7. The van der Waals surface area contributed by atoms with Crippen LogP contribution in [0.15, 0.2) is 52.4 Å². The molecule has 0 saturated heterocycles. The second-order valence-corrected chi connectivity index (χ2v) is 8.25. The number of nitrogens with zero attached hydrogens (tertiary/aromatic N) is 2. The lowest BCUT2D eigenvalue weighted by Crippen LogP contribution is -2.26. The van der Waals surface area contributed by atoms with Gasteiger partial charge in [0.15, 0.2) is 11.5 Å². The van der Waals surface area contributed by atoms with E-state index >= 15 is 0 Å². The molecule has 8 heteroatoms. The number of hydrogen-bond acceptors (Lipinski definition) is 6. The van der Waals surface area contributed by atoms with Crippen LogP contribution in [0.1, 0.15) is 18.4 Å². The molecule has 1 heterocycles. The third-order valence-corrected chi connectivity index (χ3v) is 5.86. The van der Waals surface area contributed by atoms with Crippen molar-refractivity contribution < 1.29 is 14.3 Å². The quantitative estimate of drug-likeness (QED) is 0.384. The fourth-order valence-corrected chi connectivity index (χ4v) is 3.91. The number of ether oxygens (including phenoxy) is 2. The molecule has 2 aromatic carbocycles. The summed E-state index contributed by atoms with van der Waals surface area (Å²) in [6, 6.07) is 11.7. The number of methoxy groups -OCH3 is 2. The average molecular weight is 442 g/mol. The summed E-state index contributed by atoms with van der Waals surface area (Å²) in [4.78, 5) is 30.4. The summed E-state index contributed by atoms with van der Waals surface area (Å²) < 4.78 is 12.1. The molecule has 1 N–H and O–H groups in total. The molecule has 164 valence electrons. The van der Waals surface area contributed by atoms with Gasteiger partial charge in [0.05, 0.1) is 31.4 Å². The van der Waals surface area contributed by atoms with Gasteiger partial charge in [-0.1, -0.05) is 17.7 Å². The largest absolute Gasteiger partial charge is 0.493 e. The minimum atomic E-state index is -0.166. The van der Waals surface area contributed by atoms with Crippen molar-refractivity contribution in [2.24, 2.45) is 0 Å². The van der Waals surface area contributed by atoms with Gasteiger partial charge in [0.2, 0.25) is 5.91 Å². The number of fused-ring (bicyclic) bond motifs is 1. The predicted molar refractivity (Wildman–Crippen MR) is 123 cm³/mol. The van der Waals surface area contributed by atoms with E-state index in [2.05, 4.69) is 41.5 Å². The number of benzene rings is 2. The van der Waals surface area contributed by atoms with Crippen LogP contribution < -0.4 is 20.3 Å². The Kier molecular flexibility index (Phi) is 7.94. The van der Waals surface area contributed by atoms with Crippen molar-refractivity contribution in [1.29, 1.82) is 0 Å². The van der Waals surface area contributed by atoms with Gasteiger partial charge in [-0.25, -0.2) is 4.98 Å². The normalized spacial score (nSPS) is 10.8. The van der Waals surface area contributed by atoms with Crippen LogP contribution in [-0.2, 0) is 11.3 Å². The van der Waals surface area contributed by atoms with E-state index in [9.17, 15) is 9.59 Å². The summed E-state index contributed by atoms with van der Waals surface area (Å²) in [6.45, 7) is 3.09. The second-order valence-electron chi connectivity index (χ2n) is 7.08. The van der Waals surface area contributed by atoms with Crippen molar-refractivity contribution in [2.75, 3.05) is 26.5 Å². The van der Waals surface area contributed by atoms with Crippen LogP contribution in [-0.4, -0.2) is 42.0 Å². The number of hydrogen-bond donors (Lipinski definition) is 1. The van der Waals surface area contributed by atoms with E-state index in [-0.39, 0.29) is 11.5 Å². The molecule has 0 spiro atoms. The van der Waals surface area contributed by atoms with Gasteiger partial charge in [-0.3, -0.25) is 14.2 Å². The maximum atomic E-state index is 12.8. The molecular weight excluding hydrogens is 414 g/mol. The molecule has 0 unspecified atom stereocenters. The second kappa shape index (κ2) is 10.9. The molecule has 0 aliphatic carbocycles. The van der Waals surface area contributed by atoms with Crippen LogP contribution in [0, 0.1) is 6.92 Å². The van der Waals surface area contributed by atoms with Crippen LogP contribution in [0.25, 0.3) is 10.9 Å². The van der Waals surface area contributed by atoms with Crippen LogP contribution in [0.2, 0.25) is 0 Å². The van der Waals surface area contributed by atoms with E-state index in [0.717, 1.165) is 5.75 Å². The molecule has 0 radical (unpaired) electrons. The number of thioether (sulfide) groups is 1. The Morgan fingerprint density at radius 1 is 1.13 bits per heavy atom. The van der Waals surface area contributed by atoms with E-state index in [1.807, 2.05) is 0 Å². The molecule has 0 atom stereocenters. The smallest absolute Gasteiger partial charge is 0.261 e. The SMILES string of the molecule is COc1cc2ncn(CCCC(=O)NCCSc3ccc(C)cc3)c(=O)c2cc1OC. The third-order valence-electron chi connectivity index (χ3n) is 4.85. The van der Waals surface area contributed by atoms with Crippen molar-refractivity contribution in [3.05, 3.63) is 58.6 Å². The molecule has 0 fully saturated rings. The van der Waals surface area contributed by atoms with Gasteiger partial charge < -0.3 is 14.8 Å². The molecule has 0 bridgehead atoms. The fraction of sp³-hybridized carbons (Fsp3) is 0.348. The zero-order valence-electron chi connectivity index (χ0n) is 18.0. The molecule has 1 amide bonds. The Labute approximate surface area is 185 Å². The zero-order valence-corrected chi connectivity index (χ0v) is 18.8. The fourth-order valence-electron chi connectivity index (χ4n) is 3.14. The average Bonchev–Trinajstić information content (AvgIpc) is 2.78. The van der Waals surface area contributed by atoms with Gasteiger partial charge in [0.1, 0.15) is 0 Å². The lowest BCUT2D eigenvalue weighted by molar-refractivity contribution is -0.121. The lowest BCUT2D eigenvalue weighted by atomic mass is 10.2. The van der Waals surface area contributed by atoms with E-state index in [4.69, 9.17) is 9.47 Å². The van der Waals surface area contributed by atoms with Gasteiger partial charge in [-0.2, -0.15) is 0 Å². The lowest BCUT2D eigenvalue weighted by Gasteiger charge is -2.10. The Morgan fingerprint density at radius 2 is 1.84 bits per heavy atom. The van der Waals surface area contributed by atoms with Gasteiger partial charge in [0.25, 0.3) is 5.56 Å². The monoisotopic (exact) mass is 441 g/mol. The first-order chi connectivity index (χ1) is 15.0. The molecule has 0 aliphatic rings. The molecule has 3 aromatic rings. The number of carbonyl (C=O) groups excluding carboxylic acids is 1. The Balaban J connectivity index is 1.48. The summed E-state index contributed by atoms with van der Waals surface area (Å²) in [7, 11) is 3.06. The number of rotatable bonds is 10. The predicted octanol–water partition coefficient (Wildman–Crippen LogP) is 3.41. The summed E-state index contributed by atoms with van der Waals surface area (Å²) >= 11 is 1.71. The molecule has 3 rings (SSSR count). The zero-order chi connectivity index (χ0) is 22.2. The minimum Gasteiger partial charge on any atom is -0.493 e. The van der Waals surface area contributed by atoms with Crippen molar-refractivity contribution in [3.63, 3.8) is 0 Å². The molecule has 0 saturated carbocycles. The number of nitrogens with one attached hydrogen (secondary N) is 1. The van der Waals surface area contributed by atoms with Crippen LogP contribution in [0.5, 0.6) is 11.5 Å². The molecule has 7 nitrogen and oxygen atoms in total.